The van der Waals surface area contributed by atoms with Crippen LogP contribution in [0.5, 0.6) is 0 Å². The van der Waals surface area contributed by atoms with Gasteiger partial charge in [0.1, 0.15) is 0 Å². The number of hydrogen-bond donors (Lipinski definition) is 2. The van der Waals surface area contributed by atoms with E-state index in [0.717, 1.165) is 4.47 Å². The highest BCUT2D eigenvalue weighted by Crippen LogP contribution is 2.35. The lowest BCUT2D eigenvalue weighted by molar-refractivity contribution is 0.00404. The molecule has 0 unspecified atom stereocenters. The van der Waals surface area contributed by atoms with Crippen molar-refractivity contribution in [2.24, 2.45) is 0 Å². The van der Waals surface area contributed by atoms with Crippen LogP contribution in [0.1, 0.15) is 16.1 Å². The van der Waals surface area contributed by atoms with Crippen molar-refractivity contribution in [3.8, 4) is 0 Å². The fourth-order valence-corrected chi connectivity index (χ4v) is 3.34. The molecule has 10 heteroatoms. The van der Waals surface area contributed by atoms with E-state index < -0.39 is 11.7 Å². The van der Waals surface area contributed by atoms with Crippen LogP contribution >= 0.6 is 27.5 Å². The molecule has 0 aliphatic rings. The number of halogens is 3. The van der Waals surface area contributed by atoms with Crippen LogP contribution in [0.2, 0.25) is 5.02 Å². The maximum atomic E-state index is 15.2. The third-order valence-corrected chi connectivity index (χ3v) is 4.86. The number of nitrogens with one attached hydrogen (secondary N) is 2. The minimum absolute atomic E-state index is 0.00250. The lowest BCUT2D eigenvalue weighted by Crippen LogP contribution is -2.26. The number of hydroxylamine groups is 1. The molecule has 2 aromatic carbocycles. The minimum Gasteiger partial charge on any atom is -0.375 e. The van der Waals surface area contributed by atoms with E-state index in [1.807, 2.05) is 0 Å². The maximum Gasteiger partial charge on any atom is 0.277 e. The number of carbonyl (C=O) groups excluding carboxylic acids is 1. The fraction of sp³-hybridized carbons (Fsp3) is 0.200. The van der Waals surface area contributed by atoms with Crippen LogP contribution in [0.4, 0.5) is 15.8 Å². The first kappa shape index (κ1) is 22.2. The summed E-state index contributed by atoms with van der Waals surface area (Å²) < 4.78 is 26.2. The number of nitrogens with zero attached hydrogens (tertiary/aromatic N) is 1. The molecule has 0 spiro atoms. The molecule has 0 bridgehead atoms. The van der Waals surface area contributed by atoms with Crippen molar-refractivity contribution < 1.29 is 23.3 Å². The predicted octanol–water partition coefficient (Wildman–Crippen LogP) is 5.30. The Morgan fingerprint density at radius 3 is 2.93 bits per heavy atom. The van der Waals surface area contributed by atoms with Crippen LogP contribution in [-0.4, -0.2) is 30.9 Å². The Morgan fingerprint density at radius 1 is 1.40 bits per heavy atom. The summed E-state index contributed by atoms with van der Waals surface area (Å²) in [6, 6.07) is 6.50. The summed E-state index contributed by atoms with van der Waals surface area (Å²) in [6.07, 6.45) is 1.60. The second-order valence-corrected chi connectivity index (χ2v) is 7.47. The highest BCUT2D eigenvalue weighted by atomic mass is 79.9. The molecular formula is C20H18BrClFN3O4. The van der Waals surface area contributed by atoms with Gasteiger partial charge in [-0.25, -0.2) is 9.87 Å². The number of anilines is 2. The molecule has 0 saturated carbocycles. The number of aryl methyl sites for hydroxylation is 1. The molecule has 0 radical (unpaired) electrons. The molecular weight excluding hydrogens is 481 g/mol. The standard InChI is InChI=1S/C20H18BrClFN3O4/c1-3-6-28-7-8-29-26-20(27)14-10-13-11(2)25-30-19(13)17(23)18(14)24-16-5-4-12(21)9-15(16)22/h3-5,9-10,24H,1,6-8H2,2H3,(H,26,27). The molecule has 0 aliphatic carbocycles. The van der Waals surface area contributed by atoms with Crippen LogP contribution in [0.25, 0.3) is 11.0 Å². The summed E-state index contributed by atoms with van der Waals surface area (Å²) >= 11 is 9.55. The zero-order valence-electron chi connectivity index (χ0n) is 15.9. The summed E-state index contributed by atoms with van der Waals surface area (Å²) in [5.41, 5.74) is 2.95. The van der Waals surface area contributed by atoms with Crippen LogP contribution in [0.15, 0.2) is 45.9 Å². The van der Waals surface area contributed by atoms with Gasteiger partial charge in [-0.05, 0) is 31.2 Å². The monoisotopic (exact) mass is 497 g/mol. The van der Waals surface area contributed by atoms with Crippen LogP contribution < -0.4 is 10.8 Å². The average Bonchev–Trinajstić information content (AvgIpc) is 3.09. The number of amides is 1. The second-order valence-electron chi connectivity index (χ2n) is 6.15. The van der Waals surface area contributed by atoms with Gasteiger partial charge in [0.05, 0.1) is 47.5 Å². The maximum absolute atomic E-state index is 15.2. The van der Waals surface area contributed by atoms with E-state index >= 15 is 4.39 Å². The third-order valence-electron chi connectivity index (χ3n) is 4.05. The Hall–Kier alpha value is -2.46. The fourth-order valence-electron chi connectivity index (χ4n) is 2.62. The van der Waals surface area contributed by atoms with Crippen molar-refractivity contribution in [3.05, 3.63) is 63.5 Å². The van der Waals surface area contributed by atoms with E-state index in [1.165, 1.54) is 6.07 Å². The van der Waals surface area contributed by atoms with Crippen molar-refractivity contribution in [3.63, 3.8) is 0 Å². The number of carbonyl (C=O) groups is 1. The molecule has 7 nitrogen and oxygen atoms in total. The number of hydrogen-bond acceptors (Lipinski definition) is 6. The van der Waals surface area contributed by atoms with Gasteiger partial charge in [-0.3, -0.25) is 9.63 Å². The number of ether oxygens (including phenoxy) is 1. The molecule has 0 atom stereocenters. The molecule has 158 valence electrons. The second kappa shape index (κ2) is 10.0. The molecule has 0 aliphatic heterocycles. The summed E-state index contributed by atoms with van der Waals surface area (Å²) in [5.74, 6) is -1.43. The van der Waals surface area contributed by atoms with Crippen molar-refractivity contribution in [1.82, 2.24) is 10.6 Å². The molecule has 1 heterocycles. The highest BCUT2D eigenvalue weighted by molar-refractivity contribution is 9.10. The first-order valence-electron chi connectivity index (χ1n) is 8.83. The lowest BCUT2D eigenvalue weighted by atomic mass is 10.1. The van der Waals surface area contributed by atoms with Crippen molar-refractivity contribution in [2.75, 3.05) is 25.1 Å². The molecule has 0 saturated heterocycles. The van der Waals surface area contributed by atoms with E-state index in [9.17, 15) is 4.79 Å². The zero-order valence-corrected chi connectivity index (χ0v) is 18.3. The number of aromatic nitrogens is 1. The molecule has 1 amide bonds. The van der Waals surface area contributed by atoms with E-state index in [2.05, 4.69) is 38.5 Å². The number of fused-ring (bicyclic) bond motifs is 1. The Balaban J connectivity index is 1.91. The van der Waals surface area contributed by atoms with E-state index in [4.69, 9.17) is 25.7 Å². The normalized spacial score (nSPS) is 10.9. The van der Waals surface area contributed by atoms with Crippen LogP contribution in [-0.2, 0) is 9.57 Å². The van der Waals surface area contributed by atoms with Gasteiger partial charge in [-0.1, -0.05) is 38.8 Å². The highest BCUT2D eigenvalue weighted by Gasteiger charge is 2.23. The Kier molecular flexibility index (Phi) is 7.43. The first-order valence-corrected chi connectivity index (χ1v) is 10.0. The predicted molar refractivity (Wildman–Crippen MR) is 116 cm³/mol. The van der Waals surface area contributed by atoms with Gasteiger partial charge in [-0.2, -0.15) is 0 Å². The quantitative estimate of drug-likeness (QED) is 0.237. The lowest BCUT2D eigenvalue weighted by Gasteiger charge is -2.15. The average molecular weight is 499 g/mol. The topological polar surface area (TPSA) is 85.6 Å². The smallest absolute Gasteiger partial charge is 0.277 e. The van der Waals surface area contributed by atoms with Gasteiger partial charge in [0, 0.05) is 9.86 Å². The number of rotatable bonds is 9. The van der Waals surface area contributed by atoms with E-state index in [0.29, 0.717) is 28.4 Å². The Bertz CT molecular complexity index is 1090. The van der Waals surface area contributed by atoms with Crippen LogP contribution in [0.3, 0.4) is 0 Å². The summed E-state index contributed by atoms with van der Waals surface area (Å²) in [4.78, 5) is 17.8. The van der Waals surface area contributed by atoms with Crippen molar-refractivity contribution in [2.45, 2.75) is 6.92 Å². The molecule has 0 fully saturated rings. The largest absolute Gasteiger partial charge is 0.375 e. The molecule has 3 aromatic rings. The van der Waals surface area contributed by atoms with Gasteiger partial charge in [0.25, 0.3) is 5.91 Å². The Labute approximate surface area is 185 Å². The van der Waals surface area contributed by atoms with Crippen LogP contribution in [0, 0.1) is 12.7 Å². The summed E-state index contributed by atoms with van der Waals surface area (Å²) in [5, 5.41) is 7.35. The minimum atomic E-state index is -0.772. The van der Waals surface area contributed by atoms with Gasteiger partial charge >= 0.3 is 0 Å². The van der Waals surface area contributed by atoms with Crippen molar-refractivity contribution in [1.29, 1.82) is 0 Å². The van der Waals surface area contributed by atoms with Gasteiger partial charge in [-0.15, -0.1) is 6.58 Å². The van der Waals surface area contributed by atoms with Gasteiger partial charge in [0.2, 0.25) is 5.58 Å². The molecule has 30 heavy (non-hydrogen) atoms. The molecule has 3 rings (SSSR count). The number of benzene rings is 2. The summed E-state index contributed by atoms with van der Waals surface area (Å²) in [7, 11) is 0. The van der Waals surface area contributed by atoms with Crippen molar-refractivity contribution >= 4 is 55.8 Å². The van der Waals surface area contributed by atoms with E-state index in [-0.39, 0.29) is 30.0 Å². The van der Waals surface area contributed by atoms with Gasteiger partial charge < -0.3 is 14.6 Å². The third kappa shape index (κ3) is 4.99. The molecule has 1 aromatic heterocycles. The zero-order chi connectivity index (χ0) is 21.7. The van der Waals surface area contributed by atoms with Gasteiger partial charge in [0.15, 0.2) is 5.82 Å². The molecule has 2 N–H and O–H groups in total. The summed E-state index contributed by atoms with van der Waals surface area (Å²) in [6.45, 7) is 5.92. The first-order chi connectivity index (χ1) is 14.4. The van der Waals surface area contributed by atoms with E-state index in [1.54, 1.807) is 31.2 Å². The Morgan fingerprint density at radius 2 is 2.20 bits per heavy atom. The SMILES string of the molecule is C=CCOCCONC(=O)c1cc2c(C)noc2c(F)c1Nc1ccc(Br)cc1Cl.